The van der Waals surface area contributed by atoms with E-state index in [2.05, 4.69) is 19.6 Å². The molecule has 0 unspecified atom stereocenters. The molecule has 6 nitrogen and oxygen atoms in total. The van der Waals surface area contributed by atoms with Crippen LogP contribution in [-0.2, 0) is 15.8 Å². The second kappa shape index (κ2) is 5.00. The molecule has 17 heavy (non-hydrogen) atoms. The standard InChI is InChI=1S/C7H4F3IN3O3/c8-7(9,10)5-13-6(14-17-5)11-16-3-4-12-1-2-15-4/h1-2H,3H2/q-1. The molecule has 94 valence electrons. The first-order valence-electron chi connectivity index (χ1n) is 4.11. The second-order valence-electron chi connectivity index (χ2n) is 2.62. The van der Waals surface area contributed by atoms with Crippen molar-refractivity contribution in [1.29, 1.82) is 0 Å². The van der Waals surface area contributed by atoms with E-state index in [9.17, 15) is 13.2 Å². The summed E-state index contributed by atoms with van der Waals surface area (Å²) < 4.78 is 50.2. The molecule has 0 spiro atoms. The van der Waals surface area contributed by atoms with E-state index < -0.39 is 33.7 Å². The van der Waals surface area contributed by atoms with Crippen LogP contribution in [0.5, 0.6) is 0 Å². The van der Waals surface area contributed by atoms with Crippen LogP contribution in [0, 0.1) is 3.83 Å². The van der Waals surface area contributed by atoms with Crippen molar-refractivity contribution in [2.24, 2.45) is 0 Å². The van der Waals surface area contributed by atoms with Crippen LogP contribution in [0.25, 0.3) is 0 Å². The van der Waals surface area contributed by atoms with E-state index in [1.165, 1.54) is 12.5 Å². The zero-order chi connectivity index (χ0) is 12.3. The Morgan fingerprint density at radius 2 is 2.24 bits per heavy atom. The molecule has 0 fully saturated rings. The summed E-state index contributed by atoms with van der Waals surface area (Å²) in [6, 6.07) is 0. The molecule has 0 aliphatic carbocycles. The van der Waals surface area contributed by atoms with Gasteiger partial charge >= 0.3 is 103 Å². The Morgan fingerprint density at radius 1 is 1.41 bits per heavy atom. The molecule has 0 aliphatic heterocycles. The first-order valence-corrected chi connectivity index (χ1v) is 6.07. The van der Waals surface area contributed by atoms with Crippen LogP contribution in [-0.4, -0.2) is 15.1 Å². The van der Waals surface area contributed by atoms with Crippen LogP contribution in [0.4, 0.5) is 13.2 Å². The second-order valence-corrected chi connectivity index (χ2v) is 4.65. The van der Waals surface area contributed by atoms with E-state index in [0.29, 0.717) is 5.89 Å². The van der Waals surface area contributed by atoms with Crippen LogP contribution in [0.1, 0.15) is 11.8 Å². The van der Waals surface area contributed by atoms with E-state index >= 15 is 0 Å². The number of hydrogen-bond acceptors (Lipinski definition) is 6. The summed E-state index contributed by atoms with van der Waals surface area (Å²) >= 11 is -1.22. The van der Waals surface area contributed by atoms with Crippen molar-refractivity contribution in [3.63, 3.8) is 0 Å². The van der Waals surface area contributed by atoms with Crippen molar-refractivity contribution in [2.75, 3.05) is 0 Å². The normalized spacial score (nSPS) is 12.2. The third-order valence-electron chi connectivity index (χ3n) is 1.43. The van der Waals surface area contributed by atoms with Crippen LogP contribution < -0.4 is 21.6 Å². The maximum absolute atomic E-state index is 12.1. The Labute approximate surface area is 103 Å². The Balaban J connectivity index is 1.85. The Hall–Kier alpha value is -1.17. The van der Waals surface area contributed by atoms with Crippen molar-refractivity contribution < 1.29 is 46.8 Å². The van der Waals surface area contributed by atoms with Gasteiger partial charge in [-0.05, 0) is 0 Å². The van der Waals surface area contributed by atoms with Gasteiger partial charge in [0.25, 0.3) is 0 Å². The molecule has 0 saturated heterocycles. The number of rotatable bonds is 4. The van der Waals surface area contributed by atoms with Gasteiger partial charge in [-0.3, -0.25) is 0 Å². The third kappa shape index (κ3) is 3.39. The van der Waals surface area contributed by atoms with Crippen molar-refractivity contribution in [3.05, 3.63) is 28.1 Å². The quantitative estimate of drug-likeness (QED) is 0.615. The van der Waals surface area contributed by atoms with Gasteiger partial charge in [0.2, 0.25) is 0 Å². The van der Waals surface area contributed by atoms with Crippen LogP contribution in [0.2, 0.25) is 0 Å². The molecule has 0 radical (unpaired) electrons. The van der Waals surface area contributed by atoms with Gasteiger partial charge in [-0.25, -0.2) is 0 Å². The van der Waals surface area contributed by atoms with Gasteiger partial charge in [-0.2, -0.15) is 0 Å². The number of hydrogen-bond donors (Lipinski definition) is 0. The third-order valence-corrected chi connectivity index (χ3v) is 2.88. The maximum atomic E-state index is 12.1. The fourth-order valence-corrected chi connectivity index (χ4v) is 2.00. The number of halogens is 4. The van der Waals surface area contributed by atoms with E-state index in [4.69, 9.17) is 7.48 Å². The fraction of sp³-hybridized carbons (Fsp3) is 0.286. The van der Waals surface area contributed by atoms with Gasteiger partial charge in [-0.1, -0.05) is 0 Å². The van der Waals surface area contributed by atoms with Crippen LogP contribution >= 0.6 is 0 Å². The Kier molecular flexibility index (Phi) is 3.61. The minimum absolute atomic E-state index is 0.0656. The first kappa shape index (κ1) is 12.3. The number of oxazole rings is 1. The summed E-state index contributed by atoms with van der Waals surface area (Å²) in [5, 5.41) is 3.17. The van der Waals surface area contributed by atoms with E-state index in [0.717, 1.165) is 0 Å². The molecule has 0 bridgehead atoms. The molecule has 0 aliphatic rings. The minimum atomic E-state index is -4.63. The molecule has 0 saturated carbocycles. The van der Waals surface area contributed by atoms with E-state index in [1.54, 1.807) is 0 Å². The van der Waals surface area contributed by atoms with E-state index in [-0.39, 0.29) is 10.4 Å². The number of nitrogens with zero attached hydrogens (tertiary/aromatic N) is 3. The predicted octanol–water partition coefficient (Wildman–Crippen LogP) is -1.53. The van der Waals surface area contributed by atoms with Gasteiger partial charge in [0.15, 0.2) is 0 Å². The SMILES string of the molecule is FC(F)(F)c1nc([I-]OCc2ncco2)no1. The Morgan fingerprint density at radius 3 is 2.82 bits per heavy atom. The van der Waals surface area contributed by atoms with Crippen LogP contribution in [0.3, 0.4) is 0 Å². The molecule has 2 rings (SSSR count). The van der Waals surface area contributed by atoms with Gasteiger partial charge < -0.3 is 0 Å². The average Bonchev–Trinajstić information content (AvgIpc) is 2.86. The first-order chi connectivity index (χ1) is 8.05. The predicted molar refractivity (Wildman–Crippen MR) is 39.3 cm³/mol. The van der Waals surface area contributed by atoms with Crippen LogP contribution in [0.15, 0.2) is 21.4 Å². The molecule has 0 amide bonds. The summed E-state index contributed by atoms with van der Waals surface area (Å²) in [6.45, 7) is 0.0656. The molecule has 2 aromatic rings. The van der Waals surface area contributed by atoms with Crippen molar-refractivity contribution in [1.82, 2.24) is 15.1 Å². The molecule has 0 aromatic carbocycles. The number of alkyl halides is 3. The molecule has 0 N–H and O–H groups in total. The van der Waals surface area contributed by atoms with Gasteiger partial charge in [0, 0.05) is 0 Å². The molecular weight excluding hydrogens is 358 g/mol. The van der Waals surface area contributed by atoms with E-state index in [1.807, 2.05) is 0 Å². The van der Waals surface area contributed by atoms with Crippen molar-refractivity contribution in [2.45, 2.75) is 12.8 Å². The molecule has 10 heteroatoms. The summed E-state index contributed by atoms with van der Waals surface area (Å²) in [7, 11) is 0. The molecule has 2 heterocycles. The summed E-state index contributed by atoms with van der Waals surface area (Å²) in [4.78, 5) is 6.94. The fourth-order valence-electron chi connectivity index (χ4n) is 0.799. The van der Waals surface area contributed by atoms with Crippen molar-refractivity contribution >= 4 is 0 Å². The topological polar surface area (TPSA) is 74.2 Å². The molecule has 2 aromatic heterocycles. The summed E-state index contributed by atoms with van der Waals surface area (Å²) in [6.07, 6.45) is -1.82. The monoisotopic (exact) mass is 362 g/mol. The van der Waals surface area contributed by atoms with Crippen molar-refractivity contribution in [3.8, 4) is 0 Å². The summed E-state index contributed by atoms with van der Waals surface area (Å²) in [5.74, 6) is -1.03. The number of aromatic nitrogens is 3. The summed E-state index contributed by atoms with van der Waals surface area (Å²) in [5.41, 5.74) is 0. The Bertz CT molecular complexity index is 470. The van der Waals surface area contributed by atoms with Gasteiger partial charge in [-0.15, -0.1) is 0 Å². The molecule has 0 atom stereocenters. The molecular formula is C7H4F3IN3O3-. The van der Waals surface area contributed by atoms with Gasteiger partial charge in [0.1, 0.15) is 0 Å². The zero-order valence-electron chi connectivity index (χ0n) is 7.94. The average molecular weight is 362 g/mol. The van der Waals surface area contributed by atoms with Gasteiger partial charge in [0.05, 0.1) is 0 Å². The zero-order valence-corrected chi connectivity index (χ0v) is 10.1.